The lowest BCUT2D eigenvalue weighted by molar-refractivity contribution is 0.0697. The van der Waals surface area contributed by atoms with Crippen LogP contribution in [-0.4, -0.2) is 16.1 Å². The van der Waals surface area contributed by atoms with E-state index in [0.29, 0.717) is 17.4 Å². The summed E-state index contributed by atoms with van der Waals surface area (Å²) in [7, 11) is 0. The van der Waals surface area contributed by atoms with Crippen LogP contribution in [0.1, 0.15) is 41.9 Å². The Bertz CT molecular complexity index is 638. The van der Waals surface area contributed by atoms with Crippen molar-refractivity contribution >= 4 is 32.8 Å². The number of aromatic carboxylic acids is 1. The summed E-state index contributed by atoms with van der Waals surface area (Å²) < 4.78 is 0.785. The molecule has 0 atom stereocenters. The molecule has 1 N–H and O–H groups in total. The van der Waals surface area contributed by atoms with E-state index in [1.165, 1.54) is 0 Å². The van der Waals surface area contributed by atoms with E-state index >= 15 is 0 Å². The minimum atomic E-state index is -0.881. The zero-order valence-electron chi connectivity index (χ0n) is 11.0. The molecule has 0 amide bonds. The molecule has 2 rings (SSSR count). The van der Waals surface area contributed by atoms with E-state index in [2.05, 4.69) is 27.8 Å². The minimum absolute atomic E-state index is 0.392. The summed E-state index contributed by atoms with van der Waals surface area (Å²) in [5.74, 6) is -0.881. The van der Waals surface area contributed by atoms with Crippen molar-refractivity contribution in [1.82, 2.24) is 4.98 Å². The zero-order valence-corrected chi connectivity index (χ0v) is 12.6. The number of carboxylic acids is 1. The van der Waals surface area contributed by atoms with Crippen molar-refractivity contribution in [2.75, 3.05) is 0 Å². The SMILES string of the molecule is CCCc1nc2cccc(Br)c2c(C(=O)O)c1CC. The van der Waals surface area contributed by atoms with Gasteiger partial charge in [-0.15, -0.1) is 0 Å². The van der Waals surface area contributed by atoms with Crippen molar-refractivity contribution in [3.05, 3.63) is 39.5 Å². The van der Waals surface area contributed by atoms with Crippen LogP contribution in [-0.2, 0) is 12.8 Å². The number of aryl methyl sites for hydroxylation is 1. The molecule has 1 heterocycles. The molecular weight excluding hydrogens is 306 g/mol. The number of carbonyl (C=O) groups is 1. The van der Waals surface area contributed by atoms with Crippen molar-refractivity contribution in [2.45, 2.75) is 33.1 Å². The minimum Gasteiger partial charge on any atom is -0.478 e. The van der Waals surface area contributed by atoms with Crippen LogP contribution in [0, 0.1) is 0 Å². The molecule has 0 spiro atoms. The molecule has 3 nitrogen and oxygen atoms in total. The molecule has 2 aromatic rings. The number of aromatic nitrogens is 1. The van der Waals surface area contributed by atoms with Crippen LogP contribution in [0.4, 0.5) is 0 Å². The molecule has 1 aromatic carbocycles. The largest absolute Gasteiger partial charge is 0.478 e. The van der Waals surface area contributed by atoms with Gasteiger partial charge in [-0.3, -0.25) is 4.98 Å². The van der Waals surface area contributed by atoms with Gasteiger partial charge in [0, 0.05) is 15.6 Å². The Balaban J connectivity index is 2.91. The fourth-order valence-electron chi connectivity index (χ4n) is 2.42. The third-order valence-corrected chi connectivity index (χ3v) is 3.86. The van der Waals surface area contributed by atoms with Gasteiger partial charge in [-0.05, 0) is 30.5 Å². The summed E-state index contributed by atoms with van der Waals surface area (Å²) in [6, 6.07) is 5.60. The van der Waals surface area contributed by atoms with Crippen LogP contribution in [0.3, 0.4) is 0 Å². The van der Waals surface area contributed by atoms with Gasteiger partial charge in [0.15, 0.2) is 0 Å². The van der Waals surface area contributed by atoms with Gasteiger partial charge in [0.2, 0.25) is 0 Å². The highest BCUT2D eigenvalue weighted by Gasteiger charge is 2.20. The fourth-order valence-corrected chi connectivity index (χ4v) is 2.98. The molecule has 0 fully saturated rings. The third kappa shape index (κ3) is 2.50. The van der Waals surface area contributed by atoms with Gasteiger partial charge in [-0.1, -0.05) is 42.3 Å². The fraction of sp³-hybridized carbons (Fsp3) is 0.333. The summed E-state index contributed by atoms with van der Waals surface area (Å²) in [5, 5.41) is 10.3. The van der Waals surface area contributed by atoms with E-state index in [9.17, 15) is 9.90 Å². The van der Waals surface area contributed by atoms with Crippen molar-refractivity contribution in [3.63, 3.8) is 0 Å². The maximum absolute atomic E-state index is 11.7. The van der Waals surface area contributed by atoms with E-state index in [1.807, 2.05) is 25.1 Å². The van der Waals surface area contributed by atoms with Crippen molar-refractivity contribution in [3.8, 4) is 0 Å². The van der Waals surface area contributed by atoms with Gasteiger partial charge in [-0.2, -0.15) is 0 Å². The van der Waals surface area contributed by atoms with Crippen LogP contribution < -0.4 is 0 Å². The first-order chi connectivity index (χ1) is 9.10. The van der Waals surface area contributed by atoms with E-state index in [0.717, 1.165) is 34.1 Å². The lowest BCUT2D eigenvalue weighted by Gasteiger charge is -2.14. The number of pyridine rings is 1. The topological polar surface area (TPSA) is 50.2 Å². The number of hydrogen-bond acceptors (Lipinski definition) is 2. The highest BCUT2D eigenvalue weighted by Crippen LogP contribution is 2.30. The third-order valence-electron chi connectivity index (χ3n) is 3.20. The van der Waals surface area contributed by atoms with Gasteiger partial charge in [0.1, 0.15) is 0 Å². The van der Waals surface area contributed by atoms with Crippen LogP contribution in [0.15, 0.2) is 22.7 Å². The van der Waals surface area contributed by atoms with E-state index < -0.39 is 5.97 Å². The summed E-state index contributed by atoms with van der Waals surface area (Å²) >= 11 is 3.44. The molecule has 19 heavy (non-hydrogen) atoms. The number of fused-ring (bicyclic) bond motifs is 1. The number of hydrogen-bond donors (Lipinski definition) is 1. The van der Waals surface area contributed by atoms with Gasteiger partial charge in [-0.25, -0.2) is 4.79 Å². The Morgan fingerprint density at radius 2 is 2.11 bits per heavy atom. The molecule has 0 saturated heterocycles. The summed E-state index contributed by atoms with van der Waals surface area (Å²) in [4.78, 5) is 16.3. The lowest BCUT2D eigenvalue weighted by Crippen LogP contribution is -2.09. The molecular formula is C15H16BrNO2. The van der Waals surface area contributed by atoms with E-state index in [1.54, 1.807) is 0 Å². The average molecular weight is 322 g/mol. The molecule has 4 heteroatoms. The second-order valence-electron chi connectivity index (χ2n) is 4.45. The summed E-state index contributed by atoms with van der Waals surface area (Å²) in [5.41, 5.74) is 2.90. The highest BCUT2D eigenvalue weighted by atomic mass is 79.9. The Hall–Kier alpha value is -1.42. The first-order valence-electron chi connectivity index (χ1n) is 6.43. The first-order valence-corrected chi connectivity index (χ1v) is 7.22. The average Bonchev–Trinajstić information content (AvgIpc) is 2.37. The zero-order chi connectivity index (χ0) is 14.0. The molecule has 0 aliphatic carbocycles. The van der Waals surface area contributed by atoms with Gasteiger partial charge < -0.3 is 5.11 Å². The monoisotopic (exact) mass is 321 g/mol. The van der Waals surface area contributed by atoms with E-state index in [4.69, 9.17) is 0 Å². The van der Waals surface area contributed by atoms with Crippen molar-refractivity contribution in [2.24, 2.45) is 0 Å². The quantitative estimate of drug-likeness (QED) is 0.917. The number of rotatable bonds is 4. The van der Waals surface area contributed by atoms with Gasteiger partial charge in [0.25, 0.3) is 0 Å². The second-order valence-corrected chi connectivity index (χ2v) is 5.31. The molecule has 0 aliphatic rings. The molecule has 0 bridgehead atoms. The van der Waals surface area contributed by atoms with Crippen LogP contribution in [0.5, 0.6) is 0 Å². The number of benzene rings is 1. The van der Waals surface area contributed by atoms with Gasteiger partial charge >= 0.3 is 5.97 Å². The first kappa shape index (κ1) is 14.0. The maximum atomic E-state index is 11.7. The molecule has 0 radical (unpaired) electrons. The van der Waals surface area contributed by atoms with Gasteiger partial charge in [0.05, 0.1) is 11.1 Å². The predicted octanol–water partition coefficient (Wildman–Crippen LogP) is 4.21. The number of halogens is 1. The molecule has 100 valence electrons. The molecule has 0 unspecified atom stereocenters. The summed E-state index contributed by atoms with van der Waals surface area (Å²) in [6.07, 6.45) is 2.45. The van der Waals surface area contributed by atoms with Crippen LogP contribution in [0.2, 0.25) is 0 Å². The Morgan fingerprint density at radius 1 is 1.37 bits per heavy atom. The normalized spacial score (nSPS) is 10.9. The lowest BCUT2D eigenvalue weighted by atomic mass is 9.96. The Kier molecular flexibility index (Phi) is 4.20. The Labute approximate surface area is 120 Å². The predicted molar refractivity (Wildman–Crippen MR) is 79.8 cm³/mol. The Morgan fingerprint density at radius 3 is 2.68 bits per heavy atom. The molecule has 1 aromatic heterocycles. The summed E-state index contributed by atoms with van der Waals surface area (Å²) in [6.45, 7) is 4.05. The standard InChI is InChI=1S/C15H16BrNO2/c1-3-6-11-9(4-2)13(15(18)19)14-10(16)7-5-8-12(14)17-11/h5,7-8H,3-4,6H2,1-2H3,(H,18,19). The molecule has 0 saturated carbocycles. The van der Waals surface area contributed by atoms with Crippen molar-refractivity contribution in [1.29, 1.82) is 0 Å². The van der Waals surface area contributed by atoms with E-state index in [-0.39, 0.29) is 0 Å². The maximum Gasteiger partial charge on any atom is 0.336 e. The van der Waals surface area contributed by atoms with Crippen LogP contribution in [0.25, 0.3) is 10.9 Å². The number of nitrogens with zero attached hydrogens (tertiary/aromatic N) is 1. The number of carboxylic acid groups (broad SMARTS) is 1. The van der Waals surface area contributed by atoms with Crippen LogP contribution >= 0.6 is 15.9 Å². The molecule has 0 aliphatic heterocycles. The second kappa shape index (κ2) is 5.70. The smallest absolute Gasteiger partial charge is 0.336 e. The van der Waals surface area contributed by atoms with Crippen molar-refractivity contribution < 1.29 is 9.90 Å². The highest BCUT2D eigenvalue weighted by molar-refractivity contribution is 9.10.